The number of likely N-dealkylation sites (tertiary alicyclic amines) is 1. The Hall–Kier alpha value is -2.08. The minimum atomic E-state index is -0.219. The summed E-state index contributed by atoms with van der Waals surface area (Å²) in [5, 5.41) is 0. The van der Waals surface area contributed by atoms with Crippen molar-refractivity contribution >= 4 is 23.2 Å². The fourth-order valence-electron chi connectivity index (χ4n) is 4.36. The molecule has 1 unspecified atom stereocenters. The van der Waals surface area contributed by atoms with Crippen LogP contribution in [0.5, 0.6) is 0 Å². The minimum absolute atomic E-state index is 0.0550. The van der Waals surface area contributed by atoms with Crippen molar-refractivity contribution in [3.8, 4) is 0 Å². The van der Waals surface area contributed by atoms with Gasteiger partial charge in [-0.2, -0.15) is 0 Å². The molecule has 0 radical (unpaired) electrons. The van der Waals surface area contributed by atoms with Crippen molar-refractivity contribution in [2.45, 2.75) is 26.2 Å². The molecule has 3 saturated heterocycles. The zero-order valence-corrected chi connectivity index (χ0v) is 16.1. The molecule has 146 valence electrons. The quantitative estimate of drug-likeness (QED) is 0.817. The van der Waals surface area contributed by atoms with E-state index in [2.05, 4.69) is 17.9 Å². The van der Waals surface area contributed by atoms with Gasteiger partial charge in [-0.3, -0.25) is 9.59 Å². The van der Waals surface area contributed by atoms with Crippen LogP contribution >= 0.6 is 0 Å². The lowest BCUT2D eigenvalue weighted by molar-refractivity contribution is -0.137. The molecule has 3 aliphatic rings. The van der Waals surface area contributed by atoms with Crippen LogP contribution in [0, 0.1) is 11.8 Å². The van der Waals surface area contributed by atoms with Gasteiger partial charge in [-0.1, -0.05) is 19.1 Å². The van der Waals surface area contributed by atoms with Gasteiger partial charge in [0.2, 0.25) is 11.8 Å². The Morgan fingerprint density at radius 2 is 1.70 bits per heavy atom. The van der Waals surface area contributed by atoms with Crippen LogP contribution in [0.25, 0.3) is 0 Å². The molecule has 1 aromatic rings. The van der Waals surface area contributed by atoms with Crippen LogP contribution in [0.2, 0.25) is 0 Å². The molecule has 1 atom stereocenters. The summed E-state index contributed by atoms with van der Waals surface area (Å²) in [6, 6.07) is 8.04. The van der Waals surface area contributed by atoms with Crippen molar-refractivity contribution in [2.24, 2.45) is 11.8 Å². The van der Waals surface area contributed by atoms with E-state index >= 15 is 0 Å². The van der Waals surface area contributed by atoms with Gasteiger partial charge in [-0.05, 0) is 30.9 Å². The Bertz CT molecular complexity index is 694. The maximum atomic E-state index is 12.9. The molecule has 6 nitrogen and oxygen atoms in total. The summed E-state index contributed by atoms with van der Waals surface area (Å²) in [7, 11) is 0. The SMILES string of the molecule is CC1CCN(C(=O)C2CC(=O)N(c3ccccc3N3CCOCC3)C2)CC1. The normalized spacial score (nSPS) is 24.6. The first-order chi connectivity index (χ1) is 13.1. The number of piperidine rings is 1. The van der Waals surface area contributed by atoms with Crippen molar-refractivity contribution < 1.29 is 14.3 Å². The number of hydrogen-bond donors (Lipinski definition) is 0. The van der Waals surface area contributed by atoms with Crippen molar-refractivity contribution in [1.29, 1.82) is 0 Å². The summed E-state index contributed by atoms with van der Waals surface area (Å²) < 4.78 is 5.46. The number of hydrogen-bond acceptors (Lipinski definition) is 4. The highest BCUT2D eigenvalue weighted by Crippen LogP contribution is 2.35. The van der Waals surface area contributed by atoms with Gasteiger partial charge in [-0.15, -0.1) is 0 Å². The summed E-state index contributed by atoms with van der Waals surface area (Å²) in [4.78, 5) is 31.8. The summed E-state index contributed by atoms with van der Waals surface area (Å²) in [6.07, 6.45) is 2.45. The third-order valence-electron chi connectivity index (χ3n) is 6.09. The molecule has 4 rings (SSSR count). The number of benzene rings is 1. The number of anilines is 2. The molecule has 0 aromatic heterocycles. The molecule has 3 aliphatic heterocycles. The number of para-hydroxylation sites is 2. The molecule has 0 aliphatic carbocycles. The number of nitrogens with zero attached hydrogens (tertiary/aromatic N) is 3. The monoisotopic (exact) mass is 371 g/mol. The highest BCUT2D eigenvalue weighted by molar-refractivity contribution is 6.02. The lowest BCUT2D eigenvalue weighted by Crippen LogP contribution is -2.42. The molecule has 0 bridgehead atoms. The Labute approximate surface area is 161 Å². The van der Waals surface area contributed by atoms with Gasteiger partial charge in [0, 0.05) is 39.1 Å². The van der Waals surface area contributed by atoms with Gasteiger partial charge in [0.25, 0.3) is 0 Å². The summed E-state index contributed by atoms with van der Waals surface area (Å²) in [6.45, 7) is 7.45. The number of ether oxygens (including phenoxy) is 1. The number of rotatable bonds is 3. The van der Waals surface area contributed by atoms with Gasteiger partial charge in [-0.25, -0.2) is 0 Å². The summed E-state index contributed by atoms with van der Waals surface area (Å²) >= 11 is 0. The molecule has 0 N–H and O–H groups in total. The van der Waals surface area contributed by atoms with Crippen LogP contribution in [-0.4, -0.2) is 62.7 Å². The first kappa shape index (κ1) is 18.3. The van der Waals surface area contributed by atoms with Crippen LogP contribution < -0.4 is 9.80 Å². The van der Waals surface area contributed by atoms with E-state index in [1.165, 1.54) is 0 Å². The zero-order valence-electron chi connectivity index (χ0n) is 16.1. The van der Waals surface area contributed by atoms with Crippen molar-refractivity contribution in [3.05, 3.63) is 24.3 Å². The lowest BCUT2D eigenvalue weighted by Gasteiger charge is -2.33. The van der Waals surface area contributed by atoms with Crippen molar-refractivity contribution in [2.75, 3.05) is 55.7 Å². The van der Waals surface area contributed by atoms with Gasteiger partial charge >= 0.3 is 0 Å². The van der Waals surface area contributed by atoms with Gasteiger partial charge in [0.1, 0.15) is 0 Å². The average Bonchev–Trinajstić information content (AvgIpc) is 3.10. The number of amides is 2. The standard InChI is InChI=1S/C21H29N3O3/c1-16-6-8-23(9-7-16)21(26)17-14-20(25)24(15-17)19-5-3-2-4-18(19)22-10-12-27-13-11-22/h2-5,16-17H,6-15H2,1H3. The zero-order chi connectivity index (χ0) is 18.8. The fraction of sp³-hybridized carbons (Fsp3) is 0.619. The number of carbonyl (C=O) groups excluding carboxylic acids is 2. The van der Waals surface area contributed by atoms with Crippen LogP contribution in [0.4, 0.5) is 11.4 Å². The lowest BCUT2D eigenvalue weighted by atomic mass is 9.97. The van der Waals surface area contributed by atoms with E-state index in [0.717, 1.165) is 50.4 Å². The Kier molecular flexibility index (Phi) is 5.34. The maximum absolute atomic E-state index is 12.9. The maximum Gasteiger partial charge on any atom is 0.228 e. The largest absolute Gasteiger partial charge is 0.378 e. The van der Waals surface area contributed by atoms with E-state index in [1.807, 2.05) is 28.0 Å². The average molecular weight is 371 g/mol. The Balaban J connectivity index is 1.49. The summed E-state index contributed by atoms with van der Waals surface area (Å²) in [5.41, 5.74) is 1.99. The molecule has 3 fully saturated rings. The molecule has 1 aromatic carbocycles. The van der Waals surface area contributed by atoms with E-state index in [4.69, 9.17) is 4.74 Å². The predicted molar refractivity (Wildman–Crippen MR) is 105 cm³/mol. The van der Waals surface area contributed by atoms with Crippen LogP contribution in [0.1, 0.15) is 26.2 Å². The molecule has 2 amide bonds. The molecule has 0 spiro atoms. The second-order valence-electron chi connectivity index (χ2n) is 8.00. The molecular weight excluding hydrogens is 342 g/mol. The smallest absolute Gasteiger partial charge is 0.228 e. The molecule has 3 heterocycles. The number of carbonyl (C=O) groups is 2. The van der Waals surface area contributed by atoms with Crippen molar-refractivity contribution in [1.82, 2.24) is 4.90 Å². The second kappa shape index (κ2) is 7.89. The fourth-order valence-corrected chi connectivity index (χ4v) is 4.36. The van der Waals surface area contributed by atoms with E-state index in [0.29, 0.717) is 32.1 Å². The first-order valence-electron chi connectivity index (χ1n) is 10.1. The number of morpholine rings is 1. The van der Waals surface area contributed by atoms with Crippen LogP contribution in [0.3, 0.4) is 0 Å². The van der Waals surface area contributed by atoms with Crippen LogP contribution in [-0.2, 0) is 14.3 Å². The highest BCUT2D eigenvalue weighted by atomic mass is 16.5. The predicted octanol–water partition coefficient (Wildman–Crippen LogP) is 2.13. The van der Waals surface area contributed by atoms with Gasteiger partial charge < -0.3 is 19.4 Å². The van der Waals surface area contributed by atoms with Gasteiger partial charge in [0.05, 0.1) is 30.5 Å². The van der Waals surface area contributed by atoms with Crippen LogP contribution in [0.15, 0.2) is 24.3 Å². The van der Waals surface area contributed by atoms with E-state index in [-0.39, 0.29) is 17.7 Å². The first-order valence-corrected chi connectivity index (χ1v) is 10.1. The van der Waals surface area contributed by atoms with Gasteiger partial charge in [0.15, 0.2) is 0 Å². The third-order valence-corrected chi connectivity index (χ3v) is 6.09. The molecular formula is C21H29N3O3. The van der Waals surface area contributed by atoms with Crippen molar-refractivity contribution in [3.63, 3.8) is 0 Å². The summed E-state index contributed by atoms with van der Waals surface area (Å²) in [5.74, 6) is 0.681. The Morgan fingerprint density at radius 3 is 2.41 bits per heavy atom. The molecule has 27 heavy (non-hydrogen) atoms. The minimum Gasteiger partial charge on any atom is -0.378 e. The third kappa shape index (κ3) is 3.81. The highest BCUT2D eigenvalue weighted by Gasteiger charge is 2.38. The van der Waals surface area contributed by atoms with E-state index in [9.17, 15) is 9.59 Å². The van der Waals surface area contributed by atoms with E-state index in [1.54, 1.807) is 0 Å². The Morgan fingerprint density at radius 1 is 1.04 bits per heavy atom. The van der Waals surface area contributed by atoms with E-state index < -0.39 is 0 Å². The molecule has 0 saturated carbocycles. The second-order valence-corrected chi connectivity index (χ2v) is 8.00. The topological polar surface area (TPSA) is 53.1 Å². The molecule has 6 heteroatoms.